The molecule has 51 heavy (non-hydrogen) atoms. The van der Waals surface area contributed by atoms with Crippen molar-refractivity contribution in [1.82, 2.24) is 34.1 Å². The number of hydrogen-bond donors (Lipinski definition) is 0. The number of anilines is 1. The highest BCUT2D eigenvalue weighted by Gasteiger charge is 2.49. The van der Waals surface area contributed by atoms with E-state index < -0.39 is 29.7 Å². The molecule has 10 nitrogen and oxygen atoms in total. The van der Waals surface area contributed by atoms with Crippen molar-refractivity contribution in [2.45, 2.75) is 50.1 Å². The number of hydrogen-bond acceptors (Lipinski definition) is 10. The SMILES string of the molecule is Cc1nsc(/C=C/C(=O)N2C[C@H](F)[C@@H](N(C)c3nc(OC[C@@]45CCCN4C[C@H](F)C5)nc4c(F)c(-c5cccc6cccc(Cl)c56)ncc34)C2)n1. The molecule has 0 spiro atoms. The Bertz CT molecular complexity index is 2180. The number of benzene rings is 2. The third-order valence-corrected chi connectivity index (χ3v) is 11.3. The molecule has 4 atom stereocenters. The molecule has 0 N–H and O–H groups in total. The minimum absolute atomic E-state index is 0.0366. The Morgan fingerprint density at radius 1 is 1.16 bits per heavy atom. The van der Waals surface area contributed by atoms with Gasteiger partial charge in [0.15, 0.2) is 5.82 Å². The van der Waals surface area contributed by atoms with Crippen LogP contribution in [0.3, 0.4) is 0 Å². The molecule has 2 aromatic carbocycles. The van der Waals surface area contributed by atoms with Gasteiger partial charge in [0.1, 0.15) is 46.8 Å². The van der Waals surface area contributed by atoms with Crippen LogP contribution < -0.4 is 9.64 Å². The van der Waals surface area contributed by atoms with Crippen LogP contribution in [0.4, 0.5) is 19.0 Å². The first-order valence-corrected chi connectivity index (χ1v) is 18.0. The molecule has 3 aliphatic heterocycles. The van der Waals surface area contributed by atoms with Crippen molar-refractivity contribution >= 4 is 62.6 Å². The van der Waals surface area contributed by atoms with Gasteiger partial charge in [0.25, 0.3) is 0 Å². The van der Waals surface area contributed by atoms with Crippen molar-refractivity contribution in [2.75, 3.05) is 44.7 Å². The number of carbonyl (C=O) groups is 1. The van der Waals surface area contributed by atoms with Gasteiger partial charge < -0.3 is 14.5 Å². The zero-order valence-electron chi connectivity index (χ0n) is 27.9. The summed E-state index contributed by atoms with van der Waals surface area (Å²) in [6.45, 7) is 2.92. The van der Waals surface area contributed by atoms with E-state index in [4.69, 9.17) is 16.3 Å². The predicted octanol–water partition coefficient (Wildman–Crippen LogP) is 6.45. The average molecular weight is 735 g/mol. The summed E-state index contributed by atoms with van der Waals surface area (Å²) in [4.78, 5) is 36.2. The van der Waals surface area contributed by atoms with Crippen LogP contribution in [0.2, 0.25) is 5.02 Å². The second-order valence-electron chi connectivity index (χ2n) is 13.5. The molecule has 5 aromatic rings. The number of aryl methyl sites for hydroxylation is 1. The molecular formula is C36H34ClF3N8O2S. The summed E-state index contributed by atoms with van der Waals surface area (Å²) < 4.78 is 57.5. The van der Waals surface area contributed by atoms with E-state index in [0.29, 0.717) is 39.8 Å². The molecule has 0 bridgehead atoms. The fraction of sp³-hybridized carbons (Fsp3) is 0.389. The maximum Gasteiger partial charge on any atom is 0.319 e. The lowest BCUT2D eigenvalue weighted by Crippen LogP contribution is -2.43. The van der Waals surface area contributed by atoms with Crippen LogP contribution in [-0.4, -0.2) is 104 Å². The number of nitrogens with zero attached hydrogens (tertiary/aromatic N) is 8. The Morgan fingerprint density at radius 3 is 2.78 bits per heavy atom. The van der Waals surface area contributed by atoms with E-state index in [-0.39, 0.29) is 54.0 Å². The molecular weight excluding hydrogens is 701 g/mol. The number of halogens is 4. The third kappa shape index (κ3) is 6.16. The van der Waals surface area contributed by atoms with Crippen molar-refractivity contribution in [3.05, 3.63) is 70.3 Å². The van der Waals surface area contributed by atoms with E-state index in [1.807, 2.05) is 18.2 Å². The molecule has 0 unspecified atom stereocenters. The lowest BCUT2D eigenvalue weighted by Gasteiger charge is -2.31. The molecule has 3 aromatic heterocycles. The van der Waals surface area contributed by atoms with E-state index in [2.05, 4.69) is 29.2 Å². The van der Waals surface area contributed by atoms with Crippen LogP contribution in [0.5, 0.6) is 6.01 Å². The normalized spacial score (nSPS) is 23.6. The first-order valence-electron chi connectivity index (χ1n) is 16.8. The van der Waals surface area contributed by atoms with E-state index >= 15 is 8.78 Å². The van der Waals surface area contributed by atoms with Gasteiger partial charge in [-0.3, -0.25) is 14.7 Å². The van der Waals surface area contributed by atoms with Crippen LogP contribution in [-0.2, 0) is 4.79 Å². The molecule has 264 valence electrons. The molecule has 3 fully saturated rings. The summed E-state index contributed by atoms with van der Waals surface area (Å²) in [5.74, 6) is -0.286. The zero-order valence-corrected chi connectivity index (χ0v) is 29.5. The summed E-state index contributed by atoms with van der Waals surface area (Å²) in [5, 5.41) is 2.72. The summed E-state index contributed by atoms with van der Waals surface area (Å²) in [5.41, 5.74) is -0.0417. The van der Waals surface area contributed by atoms with Gasteiger partial charge in [-0.1, -0.05) is 41.9 Å². The van der Waals surface area contributed by atoms with Crippen LogP contribution in [0.15, 0.2) is 48.7 Å². The molecule has 15 heteroatoms. The minimum atomic E-state index is -1.44. The van der Waals surface area contributed by atoms with Crippen LogP contribution >= 0.6 is 23.1 Å². The number of ether oxygens (including phenoxy) is 1. The van der Waals surface area contributed by atoms with Gasteiger partial charge in [0.05, 0.1) is 23.5 Å². The van der Waals surface area contributed by atoms with Gasteiger partial charge in [-0.15, -0.1) is 0 Å². The Kier molecular flexibility index (Phi) is 8.79. The number of aromatic nitrogens is 5. The topological polar surface area (TPSA) is 100 Å². The highest BCUT2D eigenvalue weighted by Crippen LogP contribution is 2.41. The highest BCUT2D eigenvalue weighted by atomic mass is 35.5. The van der Waals surface area contributed by atoms with Gasteiger partial charge in [-0.05, 0) is 55.4 Å². The summed E-state index contributed by atoms with van der Waals surface area (Å²) in [7, 11) is 1.65. The van der Waals surface area contributed by atoms with Crippen molar-refractivity contribution in [1.29, 1.82) is 0 Å². The van der Waals surface area contributed by atoms with Crippen molar-refractivity contribution in [3.63, 3.8) is 0 Å². The smallest absolute Gasteiger partial charge is 0.319 e. The fourth-order valence-electron chi connectivity index (χ4n) is 7.76. The molecule has 3 saturated heterocycles. The maximum absolute atomic E-state index is 16.8. The Balaban J connectivity index is 1.16. The number of amides is 1. The Hall–Kier alpha value is -4.40. The average Bonchev–Trinajstić information content (AvgIpc) is 3.89. The van der Waals surface area contributed by atoms with E-state index in [0.717, 1.165) is 24.8 Å². The van der Waals surface area contributed by atoms with Crippen LogP contribution in [0.1, 0.15) is 30.1 Å². The monoisotopic (exact) mass is 734 g/mol. The lowest BCUT2D eigenvalue weighted by atomic mass is 9.95. The maximum atomic E-state index is 16.8. The zero-order chi connectivity index (χ0) is 35.4. The number of pyridine rings is 1. The first-order chi connectivity index (χ1) is 24.6. The quantitative estimate of drug-likeness (QED) is 0.167. The summed E-state index contributed by atoms with van der Waals surface area (Å²) >= 11 is 7.76. The third-order valence-electron chi connectivity index (χ3n) is 10.3. The molecule has 0 aliphatic carbocycles. The second-order valence-corrected chi connectivity index (χ2v) is 14.7. The lowest BCUT2D eigenvalue weighted by molar-refractivity contribution is -0.125. The number of likely N-dealkylation sites (N-methyl/N-ethyl adjacent to an activating group) is 1. The molecule has 0 saturated carbocycles. The standard InChI is InChI=1S/C36H34ClF3N8O2S/c1-20-42-28(51-45-20)10-11-29(49)47-17-26(39)27(18-47)46(2)34-24-15-41-32(23-8-3-6-21-7-4-9-25(37)30(21)23)31(40)33(24)43-35(44-34)50-19-36-12-5-13-48(36)16-22(38)14-36/h3-4,6-11,15,22,26-27H,5,12-14,16-19H2,1-2H3/b11-10+/t22-,26+,27+,36+/m1/s1. The molecule has 1 amide bonds. The fourth-order valence-corrected chi connectivity index (χ4v) is 8.61. The van der Waals surface area contributed by atoms with Crippen LogP contribution in [0.25, 0.3) is 39.0 Å². The first kappa shape index (κ1) is 33.7. The van der Waals surface area contributed by atoms with Gasteiger partial charge in [0.2, 0.25) is 5.91 Å². The number of likely N-dealkylation sites (tertiary alicyclic amines) is 1. The van der Waals surface area contributed by atoms with E-state index in [1.165, 1.54) is 28.7 Å². The van der Waals surface area contributed by atoms with Crippen molar-refractivity contribution < 1.29 is 22.7 Å². The van der Waals surface area contributed by atoms with Crippen LogP contribution in [0, 0.1) is 12.7 Å². The second kappa shape index (κ2) is 13.3. The van der Waals surface area contributed by atoms with Crippen molar-refractivity contribution in [2.24, 2.45) is 0 Å². The number of fused-ring (bicyclic) bond motifs is 3. The molecule has 3 aliphatic rings. The van der Waals surface area contributed by atoms with Gasteiger partial charge in [-0.2, -0.15) is 14.3 Å². The number of carbonyl (C=O) groups excluding carboxylic acids is 1. The van der Waals surface area contributed by atoms with Gasteiger partial charge in [0, 0.05) is 54.8 Å². The summed E-state index contributed by atoms with van der Waals surface area (Å²) in [6, 6.07) is 9.95. The molecule has 8 rings (SSSR count). The van der Waals surface area contributed by atoms with E-state index in [1.54, 1.807) is 43.1 Å². The van der Waals surface area contributed by atoms with E-state index in [9.17, 15) is 9.18 Å². The summed E-state index contributed by atoms with van der Waals surface area (Å²) in [6.07, 6.45) is 4.01. The Labute approximate surface area is 301 Å². The Morgan fingerprint density at radius 2 is 1.98 bits per heavy atom. The number of rotatable bonds is 8. The van der Waals surface area contributed by atoms with Crippen molar-refractivity contribution in [3.8, 4) is 17.3 Å². The van der Waals surface area contributed by atoms with Gasteiger partial charge >= 0.3 is 6.01 Å². The highest BCUT2D eigenvalue weighted by molar-refractivity contribution is 7.06. The molecule has 6 heterocycles. The number of alkyl halides is 2. The van der Waals surface area contributed by atoms with Gasteiger partial charge in [-0.25, -0.2) is 18.2 Å². The minimum Gasteiger partial charge on any atom is -0.461 e. The largest absolute Gasteiger partial charge is 0.461 e. The molecule has 0 radical (unpaired) electrons. The predicted molar refractivity (Wildman–Crippen MR) is 191 cm³/mol.